The van der Waals surface area contributed by atoms with Gasteiger partial charge in [0.25, 0.3) is 0 Å². The highest BCUT2D eigenvalue weighted by Crippen LogP contribution is 2.18. The fourth-order valence-corrected chi connectivity index (χ4v) is 2.92. The average molecular weight is 330 g/mol. The standard InChI is InChI=1S/C16H18N4O2S/c21-15(18-10-12-4-3-9-22-12)11-23-16-7-6-14(19-20-16)13-5-1-2-8-17-13/h1-2,5-8,12H,3-4,9-11H2,(H,18,21)/t12-/m1/s1. The van der Waals surface area contributed by atoms with E-state index in [0.717, 1.165) is 35.9 Å². The van der Waals surface area contributed by atoms with Crippen molar-refractivity contribution in [3.63, 3.8) is 0 Å². The highest BCUT2D eigenvalue weighted by Gasteiger charge is 2.16. The Balaban J connectivity index is 1.45. The predicted octanol–water partition coefficient (Wildman–Crippen LogP) is 1.93. The van der Waals surface area contributed by atoms with E-state index in [4.69, 9.17) is 4.74 Å². The second-order valence-electron chi connectivity index (χ2n) is 5.20. The Hall–Kier alpha value is -1.99. The Morgan fingerprint density at radius 3 is 2.91 bits per heavy atom. The van der Waals surface area contributed by atoms with Crippen LogP contribution in [-0.2, 0) is 9.53 Å². The molecule has 23 heavy (non-hydrogen) atoms. The minimum Gasteiger partial charge on any atom is -0.376 e. The summed E-state index contributed by atoms with van der Waals surface area (Å²) >= 11 is 1.37. The number of amides is 1. The van der Waals surface area contributed by atoms with Gasteiger partial charge in [-0.2, -0.15) is 0 Å². The van der Waals surface area contributed by atoms with E-state index < -0.39 is 0 Å². The van der Waals surface area contributed by atoms with Gasteiger partial charge in [-0.05, 0) is 37.1 Å². The first kappa shape index (κ1) is 15.9. The van der Waals surface area contributed by atoms with Gasteiger partial charge in [-0.15, -0.1) is 10.2 Å². The molecule has 1 saturated heterocycles. The van der Waals surface area contributed by atoms with E-state index in [2.05, 4.69) is 20.5 Å². The Labute approximate surface area is 139 Å². The molecule has 6 nitrogen and oxygen atoms in total. The van der Waals surface area contributed by atoms with Crippen LogP contribution >= 0.6 is 11.8 Å². The summed E-state index contributed by atoms with van der Waals surface area (Å²) in [5, 5.41) is 11.9. The number of pyridine rings is 1. The molecular weight excluding hydrogens is 312 g/mol. The lowest BCUT2D eigenvalue weighted by atomic mass is 10.2. The molecule has 0 saturated carbocycles. The number of thioether (sulfide) groups is 1. The van der Waals surface area contributed by atoms with Gasteiger partial charge in [-0.1, -0.05) is 17.8 Å². The molecule has 1 aliphatic heterocycles. The van der Waals surface area contributed by atoms with Crippen LogP contribution in [0.1, 0.15) is 12.8 Å². The van der Waals surface area contributed by atoms with Gasteiger partial charge in [-0.25, -0.2) is 0 Å². The molecule has 0 aliphatic carbocycles. The van der Waals surface area contributed by atoms with Crippen LogP contribution in [0.4, 0.5) is 0 Å². The zero-order valence-corrected chi connectivity index (χ0v) is 13.5. The van der Waals surface area contributed by atoms with Crippen molar-refractivity contribution in [2.45, 2.75) is 24.0 Å². The number of nitrogens with one attached hydrogen (secondary N) is 1. The number of hydrogen-bond donors (Lipinski definition) is 1. The minimum atomic E-state index is -0.0129. The molecule has 1 fully saturated rings. The van der Waals surface area contributed by atoms with Gasteiger partial charge in [0, 0.05) is 19.3 Å². The second-order valence-corrected chi connectivity index (χ2v) is 6.20. The number of rotatable bonds is 6. The topological polar surface area (TPSA) is 77.0 Å². The normalized spacial score (nSPS) is 17.1. The summed E-state index contributed by atoms with van der Waals surface area (Å²) in [6.07, 6.45) is 3.99. The largest absolute Gasteiger partial charge is 0.376 e. The smallest absolute Gasteiger partial charge is 0.230 e. The first-order valence-electron chi connectivity index (χ1n) is 7.57. The van der Waals surface area contributed by atoms with Crippen LogP contribution in [0.25, 0.3) is 11.4 Å². The Morgan fingerprint density at radius 1 is 1.26 bits per heavy atom. The molecule has 7 heteroatoms. The maximum absolute atomic E-state index is 11.8. The molecule has 2 aromatic rings. The number of carbonyl (C=O) groups is 1. The summed E-state index contributed by atoms with van der Waals surface area (Å²) in [4.78, 5) is 16.0. The number of ether oxygens (including phenoxy) is 1. The predicted molar refractivity (Wildman–Crippen MR) is 88.0 cm³/mol. The van der Waals surface area contributed by atoms with E-state index in [1.165, 1.54) is 11.8 Å². The minimum absolute atomic E-state index is 0.0129. The van der Waals surface area contributed by atoms with Crippen LogP contribution in [0.3, 0.4) is 0 Å². The van der Waals surface area contributed by atoms with Crippen molar-refractivity contribution >= 4 is 17.7 Å². The number of hydrogen-bond acceptors (Lipinski definition) is 6. The summed E-state index contributed by atoms with van der Waals surface area (Å²) in [5.74, 6) is 0.311. The molecule has 1 amide bonds. The number of nitrogens with zero attached hydrogens (tertiary/aromatic N) is 3. The Kier molecular flexibility index (Phi) is 5.55. The lowest BCUT2D eigenvalue weighted by molar-refractivity contribution is -0.119. The number of aromatic nitrogens is 3. The SMILES string of the molecule is O=C(CSc1ccc(-c2ccccn2)nn1)NC[C@H]1CCCO1. The summed E-state index contributed by atoms with van der Waals surface area (Å²) in [6.45, 7) is 1.39. The van der Waals surface area contributed by atoms with Crippen LogP contribution in [0.2, 0.25) is 0 Å². The molecule has 3 rings (SSSR count). The molecule has 1 atom stereocenters. The van der Waals surface area contributed by atoms with Crippen molar-refractivity contribution in [3.8, 4) is 11.4 Å². The zero-order valence-electron chi connectivity index (χ0n) is 12.6. The van der Waals surface area contributed by atoms with Crippen molar-refractivity contribution in [1.29, 1.82) is 0 Å². The van der Waals surface area contributed by atoms with E-state index >= 15 is 0 Å². The van der Waals surface area contributed by atoms with Crippen molar-refractivity contribution in [2.24, 2.45) is 0 Å². The van der Waals surface area contributed by atoms with Gasteiger partial charge in [0.15, 0.2) is 0 Å². The van der Waals surface area contributed by atoms with E-state index in [9.17, 15) is 4.79 Å². The molecule has 1 N–H and O–H groups in total. The van der Waals surface area contributed by atoms with Crippen LogP contribution in [0.15, 0.2) is 41.6 Å². The van der Waals surface area contributed by atoms with Crippen molar-refractivity contribution in [1.82, 2.24) is 20.5 Å². The van der Waals surface area contributed by atoms with Crippen molar-refractivity contribution in [3.05, 3.63) is 36.5 Å². The van der Waals surface area contributed by atoms with Gasteiger partial charge in [0.2, 0.25) is 5.91 Å². The van der Waals surface area contributed by atoms with E-state index in [1.807, 2.05) is 30.3 Å². The lowest BCUT2D eigenvalue weighted by Gasteiger charge is -2.10. The van der Waals surface area contributed by atoms with Crippen LogP contribution < -0.4 is 5.32 Å². The molecule has 0 bridgehead atoms. The third-order valence-electron chi connectivity index (χ3n) is 3.47. The van der Waals surface area contributed by atoms with Gasteiger partial charge < -0.3 is 10.1 Å². The summed E-state index contributed by atoms with van der Waals surface area (Å²) in [7, 11) is 0. The first-order valence-corrected chi connectivity index (χ1v) is 8.56. The summed E-state index contributed by atoms with van der Waals surface area (Å²) in [5.41, 5.74) is 1.50. The number of carbonyl (C=O) groups excluding carboxylic acids is 1. The quantitative estimate of drug-likeness (QED) is 0.816. The molecule has 0 spiro atoms. The fraction of sp³-hybridized carbons (Fsp3) is 0.375. The Bertz CT molecular complexity index is 630. The summed E-state index contributed by atoms with van der Waals surface area (Å²) < 4.78 is 5.47. The van der Waals surface area contributed by atoms with E-state index in [1.54, 1.807) is 6.20 Å². The second kappa shape index (κ2) is 8.03. The molecule has 0 unspecified atom stereocenters. The summed E-state index contributed by atoms with van der Waals surface area (Å²) in [6, 6.07) is 9.37. The van der Waals surface area contributed by atoms with Crippen LogP contribution in [-0.4, -0.2) is 46.1 Å². The van der Waals surface area contributed by atoms with Gasteiger partial charge >= 0.3 is 0 Å². The van der Waals surface area contributed by atoms with Crippen LogP contribution in [0.5, 0.6) is 0 Å². The third kappa shape index (κ3) is 4.74. The van der Waals surface area contributed by atoms with E-state index in [-0.39, 0.29) is 12.0 Å². The fourth-order valence-electron chi connectivity index (χ4n) is 2.27. The molecule has 2 aromatic heterocycles. The highest BCUT2D eigenvalue weighted by molar-refractivity contribution is 7.99. The molecule has 3 heterocycles. The third-order valence-corrected chi connectivity index (χ3v) is 4.39. The maximum atomic E-state index is 11.8. The van der Waals surface area contributed by atoms with Crippen molar-refractivity contribution in [2.75, 3.05) is 18.9 Å². The van der Waals surface area contributed by atoms with Gasteiger partial charge in [0.1, 0.15) is 10.7 Å². The molecule has 1 aliphatic rings. The highest BCUT2D eigenvalue weighted by atomic mass is 32.2. The average Bonchev–Trinajstić information content (AvgIpc) is 3.13. The van der Waals surface area contributed by atoms with Gasteiger partial charge in [0.05, 0.1) is 17.6 Å². The zero-order chi connectivity index (χ0) is 15.9. The molecule has 120 valence electrons. The first-order chi connectivity index (χ1) is 11.3. The Morgan fingerprint density at radius 2 is 2.22 bits per heavy atom. The van der Waals surface area contributed by atoms with Crippen LogP contribution in [0, 0.1) is 0 Å². The maximum Gasteiger partial charge on any atom is 0.230 e. The lowest BCUT2D eigenvalue weighted by Crippen LogP contribution is -2.32. The molecule has 0 aromatic carbocycles. The monoisotopic (exact) mass is 330 g/mol. The van der Waals surface area contributed by atoms with Crippen molar-refractivity contribution < 1.29 is 9.53 Å². The van der Waals surface area contributed by atoms with E-state index in [0.29, 0.717) is 12.3 Å². The van der Waals surface area contributed by atoms with Gasteiger partial charge in [-0.3, -0.25) is 9.78 Å². The molecular formula is C16H18N4O2S. The molecule has 0 radical (unpaired) electrons.